The van der Waals surface area contributed by atoms with Gasteiger partial charge >= 0.3 is 5.63 Å². The van der Waals surface area contributed by atoms with Gasteiger partial charge in [-0.05, 0) is 56.5 Å². The summed E-state index contributed by atoms with van der Waals surface area (Å²) in [6.45, 7) is 8.00. The van der Waals surface area contributed by atoms with E-state index in [0.717, 1.165) is 23.0 Å². The Labute approximate surface area is 140 Å². The quantitative estimate of drug-likeness (QED) is 0.338. The van der Waals surface area contributed by atoms with E-state index in [2.05, 4.69) is 11.5 Å². The second kappa shape index (κ2) is 8.47. The van der Waals surface area contributed by atoms with Crippen molar-refractivity contribution in [1.29, 1.82) is 0 Å². The Bertz CT molecular complexity index is 788. The summed E-state index contributed by atoms with van der Waals surface area (Å²) in [5.74, 6) is 0.638. The first-order chi connectivity index (χ1) is 11.5. The summed E-state index contributed by atoms with van der Waals surface area (Å²) in [6.07, 6.45) is 3.05. The first-order valence-corrected chi connectivity index (χ1v) is 7.77. The molecule has 1 N–H and O–H groups in total. The molecule has 1 heterocycles. The summed E-state index contributed by atoms with van der Waals surface area (Å²) in [4.78, 5) is 15.6. The van der Waals surface area contributed by atoms with Gasteiger partial charge in [0.1, 0.15) is 24.0 Å². The maximum absolute atomic E-state index is 11.2. The maximum atomic E-state index is 11.2. The van der Waals surface area contributed by atoms with Crippen molar-refractivity contribution in [2.45, 2.75) is 32.8 Å². The third kappa shape index (κ3) is 5.08. The van der Waals surface area contributed by atoms with Crippen LogP contribution in [0.1, 0.15) is 26.7 Å². The SMILES string of the molecule is C=C(C)[C@H](CC/C(C)=C/COc1ccc2ccc(=O)oc2c1)OO. The van der Waals surface area contributed by atoms with Crippen LogP contribution in [-0.4, -0.2) is 18.0 Å². The van der Waals surface area contributed by atoms with Crippen molar-refractivity contribution >= 4 is 11.0 Å². The van der Waals surface area contributed by atoms with Gasteiger partial charge in [-0.25, -0.2) is 9.68 Å². The summed E-state index contributed by atoms with van der Waals surface area (Å²) in [5, 5.41) is 9.65. The highest BCUT2D eigenvalue weighted by atomic mass is 17.1. The van der Waals surface area contributed by atoms with Crippen LogP contribution in [0.25, 0.3) is 11.0 Å². The molecular formula is C19H22O5. The standard InChI is InChI=1S/C19H22O5/c1-13(2)17(24-21)8-4-14(3)10-11-22-16-7-5-15-6-9-19(20)23-18(15)12-16/h5-7,9-10,12,17,21H,1,4,8,11H2,2-3H3/b14-10+/t17-/m0/s1. The van der Waals surface area contributed by atoms with Gasteiger partial charge in [0.2, 0.25) is 0 Å². The molecule has 0 bridgehead atoms. The van der Waals surface area contributed by atoms with Crippen molar-refractivity contribution in [2.75, 3.05) is 6.61 Å². The van der Waals surface area contributed by atoms with E-state index in [1.165, 1.54) is 6.07 Å². The number of ether oxygens (including phenoxy) is 1. The minimum atomic E-state index is -0.381. The van der Waals surface area contributed by atoms with Gasteiger partial charge in [-0.2, -0.15) is 0 Å². The lowest BCUT2D eigenvalue weighted by molar-refractivity contribution is -0.269. The van der Waals surface area contributed by atoms with Crippen LogP contribution in [0.15, 0.2) is 63.3 Å². The Morgan fingerprint density at radius 2 is 2.08 bits per heavy atom. The van der Waals surface area contributed by atoms with E-state index in [1.54, 1.807) is 12.1 Å². The van der Waals surface area contributed by atoms with Crippen LogP contribution >= 0.6 is 0 Å². The van der Waals surface area contributed by atoms with Crippen molar-refractivity contribution in [3.63, 3.8) is 0 Å². The van der Waals surface area contributed by atoms with Gasteiger partial charge in [-0.15, -0.1) is 0 Å². The van der Waals surface area contributed by atoms with Crippen LogP contribution < -0.4 is 10.4 Å². The van der Waals surface area contributed by atoms with Crippen molar-refractivity contribution < 1.29 is 19.3 Å². The molecule has 2 rings (SSSR count). The largest absolute Gasteiger partial charge is 0.489 e. The molecule has 5 nitrogen and oxygen atoms in total. The van der Waals surface area contributed by atoms with E-state index in [9.17, 15) is 4.79 Å². The van der Waals surface area contributed by atoms with Crippen molar-refractivity contribution in [2.24, 2.45) is 0 Å². The lowest BCUT2D eigenvalue weighted by Crippen LogP contribution is -2.11. The molecule has 24 heavy (non-hydrogen) atoms. The Kier molecular flexibility index (Phi) is 6.35. The summed E-state index contributed by atoms with van der Waals surface area (Å²) in [7, 11) is 0. The lowest BCUT2D eigenvalue weighted by Gasteiger charge is -2.13. The number of rotatable bonds is 8. The van der Waals surface area contributed by atoms with Crippen LogP contribution in [0.3, 0.4) is 0 Å². The summed E-state index contributed by atoms with van der Waals surface area (Å²) in [5.41, 5.74) is 2.04. The molecule has 1 aromatic heterocycles. The van der Waals surface area contributed by atoms with Crippen molar-refractivity contribution in [3.05, 3.63) is 64.6 Å². The second-order valence-corrected chi connectivity index (χ2v) is 5.79. The predicted molar refractivity (Wildman–Crippen MR) is 93.3 cm³/mol. The molecule has 0 aliphatic rings. The van der Waals surface area contributed by atoms with Gasteiger partial charge in [0, 0.05) is 17.5 Å². The van der Waals surface area contributed by atoms with Crippen molar-refractivity contribution in [3.8, 4) is 5.75 Å². The second-order valence-electron chi connectivity index (χ2n) is 5.79. The fourth-order valence-corrected chi connectivity index (χ4v) is 2.26. The highest BCUT2D eigenvalue weighted by molar-refractivity contribution is 5.77. The van der Waals surface area contributed by atoms with Crippen LogP contribution in [0.5, 0.6) is 5.75 Å². The molecule has 0 spiro atoms. The molecule has 0 saturated heterocycles. The Morgan fingerprint density at radius 1 is 1.33 bits per heavy atom. The van der Waals surface area contributed by atoms with E-state index < -0.39 is 0 Å². The first kappa shape index (κ1) is 18.0. The number of hydrogen-bond acceptors (Lipinski definition) is 5. The molecule has 0 aliphatic heterocycles. The molecule has 1 aromatic carbocycles. The molecule has 0 saturated carbocycles. The van der Waals surface area contributed by atoms with Gasteiger partial charge in [0.25, 0.3) is 0 Å². The summed E-state index contributed by atoms with van der Waals surface area (Å²) in [6, 6.07) is 8.50. The zero-order valence-corrected chi connectivity index (χ0v) is 14.0. The fourth-order valence-electron chi connectivity index (χ4n) is 2.26. The van der Waals surface area contributed by atoms with Gasteiger partial charge in [0.05, 0.1) is 0 Å². The number of hydrogen-bond donors (Lipinski definition) is 1. The number of benzene rings is 1. The zero-order valence-electron chi connectivity index (χ0n) is 14.0. The van der Waals surface area contributed by atoms with Crippen LogP contribution in [0.2, 0.25) is 0 Å². The normalized spacial score (nSPS) is 13.0. The van der Waals surface area contributed by atoms with Gasteiger partial charge in [-0.3, -0.25) is 5.26 Å². The van der Waals surface area contributed by atoms with E-state index in [4.69, 9.17) is 14.4 Å². The highest BCUT2D eigenvalue weighted by Gasteiger charge is 2.09. The average Bonchev–Trinajstić information content (AvgIpc) is 2.54. The molecule has 2 aromatic rings. The molecule has 128 valence electrons. The monoisotopic (exact) mass is 330 g/mol. The average molecular weight is 330 g/mol. The first-order valence-electron chi connectivity index (χ1n) is 7.77. The molecule has 5 heteroatoms. The third-order valence-corrected chi connectivity index (χ3v) is 3.75. The minimum Gasteiger partial charge on any atom is -0.489 e. The van der Waals surface area contributed by atoms with E-state index >= 15 is 0 Å². The van der Waals surface area contributed by atoms with Gasteiger partial charge in [0.15, 0.2) is 0 Å². The lowest BCUT2D eigenvalue weighted by atomic mass is 10.0. The summed E-state index contributed by atoms with van der Waals surface area (Å²) < 4.78 is 10.8. The molecule has 0 amide bonds. The topological polar surface area (TPSA) is 68.9 Å². The molecular weight excluding hydrogens is 308 g/mol. The summed E-state index contributed by atoms with van der Waals surface area (Å²) >= 11 is 0. The fraction of sp³-hybridized carbons (Fsp3) is 0.316. The zero-order chi connectivity index (χ0) is 17.5. The van der Waals surface area contributed by atoms with Crippen molar-refractivity contribution in [1.82, 2.24) is 0 Å². The number of fused-ring (bicyclic) bond motifs is 1. The predicted octanol–water partition coefficient (Wildman–Crippen LogP) is 4.33. The molecule has 0 fully saturated rings. The number of allylic oxidation sites excluding steroid dienone is 1. The Morgan fingerprint density at radius 3 is 2.79 bits per heavy atom. The van der Waals surface area contributed by atoms with Gasteiger partial charge in [-0.1, -0.05) is 12.2 Å². The molecule has 0 radical (unpaired) electrons. The van der Waals surface area contributed by atoms with E-state index in [1.807, 2.05) is 32.1 Å². The van der Waals surface area contributed by atoms with E-state index in [0.29, 0.717) is 24.4 Å². The van der Waals surface area contributed by atoms with Gasteiger partial charge < -0.3 is 9.15 Å². The van der Waals surface area contributed by atoms with Crippen LogP contribution in [-0.2, 0) is 4.89 Å². The van der Waals surface area contributed by atoms with Crippen LogP contribution in [0.4, 0.5) is 0 Å². The minimum absolute atomic E-state index is 0.349. The maximum Gasteiger partial charge on any atom is 0.336 e. The highest BCUT2D eigenvalue weighted by Crippen LogP contribution is 2.20. The molecule has 1 atom stereocenters. The Hall–Kier alpha value is -2.37. The van der Waals surface area contributed by atoms with E-state index in [-0.39, 0.29) is 11.7 Å². The molecule has 0 aliphatic carbocycles. The molecule has 0 unspecified atom stereocenters. The third-order valence-electron chi connectivity index (χ3n) is 3.75. The smallest absolute Gasteiger partial charge is 0.336 e. The Balaban J connectivity index is 1.90. The van der Waals surface area contributed by atoms with Crippen LogP contribution in [0, 0.1) is 0 Å².